The van der Waals surface area contributed by atoms with E-state index in [4.69, 9.17) is 11.6 Å². The summed E-state index contributed by atoms with van der Waals surface area (Å²) in [6.07, 6.45) is 0. The van der Waals surface area contributed by atoms with E-state index in [0.29, 0.717) is 10.2 Å². The zero-order valence-electron chi connectivity index (χ0n) is 8.66. The second-order valence-electron chi connectivity index (χ2n) is 3.10. The van der Waals surface area contributed by atoms with Crippen molar-refractivity contribution in [2.45, 2.75) is 10.8 Å². The molecule has 10 heteroatoms. The van der Waals surface area contributed by atoms with Gasteiger partial charge in [0.05, 0.1) is 10.9 Å². The SMILES string of the molecule is Cn1nnnc1CNS(=O)(=O)c1ccc(Cl)s1. The molecule has 2 heterocycles. The van der Waals surface area contributed by atoms with Crippen LogP contribution in [0.1, 0.15) is 5.82 Å². The van der Waals surface area contributed by atoms with Gasteiger partial charge in [0.15, 0.2) is 5.82 Å². The summed E-state index contributed by atoms with van der Waals surface area (Å²) in [6, 6.07) is 2.98. The molecule has 0 saturated heterocycles. The summed E-state index contributed by atoms with van der Waals surface area (Å²) in [5, 5.41) is 10.7. The third-order valence-electron chi connectivity index (χ3n) is 1.94. The van der Waals surface area contributed by atoms with Crippen LogP contribution in [0, 0.1) is 0 Å². The fraction of sp³-hybridized carbons (Fsp3) is 0.286. The fourth-order valence-electron chi connectivity index (χ4n) is 1.07. The van der Waals surface area contributed by atoms with E-state index in [-0.39, 0.29) is 10.8 Å². The first-order valence-electron chi connectivity index (χ1n) is 4.45. The van der Waals surface area contributed by atoms with Crippen molar-refractivity contribution in [2.75, 3.05) is 0 Å². The van der Waals surface area contributed by atoms with Crippen LogP contribution in [0.3, 0.4) is 0 Å². The molecule has 1 N–H and O–H groups in total. The minimum atomic E-state index is -3.56. The number of hydrogen-bond donors (Lipinski definition) is 1. The number of hydrogen-bond acceptors (Lipinski definition) is 6. The molecule has 0 amide bonds. The maximum Gasteiger partial charge on any atom is 0.250 e. The molecule has 0 spiro atoms. The van der Waals surface area contributed by atoms with Crippen LogP contribution in [-0.2, 0) is 23.6 Å². The van der Waals surface area contributed by atoms with Crippen molar-refractivity contribution < 1.29 is 8.42 Å². The van der Waals surface area contributed by atoms with Gasteiger partial charge in [-0.3, -0.25) is 0 Å². The van der Waals surface area contributed by atoms with Gasteiger partial charge in [-0.25, -0.2) is 17.8 Å². The summed E-state index contributed by atoms with van der Waals surface area (Å²) in [7, 11) is -1.93. The van der Waals surface area contributed by atoms with E-state index in [1.807, 2.05) is 0 Å². The van der Waals surface area contributed by atoms with Gasteiger partial charge >= 0.3 is 0 Å². The lowest BCUT2D eigenvalue weighted by Crippen LogP contribution is -2.24. The highest BCUT2D eigenvalue weighted by atomic mass is 35.5. The van der Waals surface area contributed by atoms with Gasteiger partial charge in [0.25, 0.3) is 10.0 Å². The number of halogens is 1. The summed E-state index contributed by atoms with van der Waals surface area (Å²) in [5.74, 6) is 0.427. The van der Waals surface area contributed by atoms with Crippen molar-refractivity contribution in [3.8, 4) is 0 Å². The Morgan fingerprint density at radius 3 is 2.82 bits per heavy atom. The van der Waals surface area contributed by atoms with Gasteiger partial charge < -0.3 is 0 Å². The molecule has 0 fully saturated rings. The minimum Gasteiger partial charge on any atom is -0.231 e. The Morgan fingerprint density at radius 1 is 1.53 bits per heavy atom. The Bertz CT molecular complexity index is 620. The summed E-state index contributed by atoms with van der Waals surface area (Å²) >= 11 is 6.67. The van der Waals surface area contributed by atoms with Crippen LogP contribution in [0.4, 0.5) is 0 Å². The monoisotopic (exact) mass is 293 g/mol. The molecule has 0 atom stereocenters. The normalized spacial score (nSPS) is 11.9. The van der Waals surface area contributed by atoms with Crippen LogP contribution in [0.25, 0.3) is 0 Å². The topological polar surface area (TPSA) is 89.8 Å². The second-order valence-corrected chi connectivity index (χ2v) is 6.81. The van der Waals surface area contributed by atoms with Gasteiger partial charge in [-0.1, -0.05) is 11.6 Å². The largest absolute Gasteiger partial charge is 0.250 e. The molecule has 2 rings (SSSR count). The number of rotatable bonds is 4. The molecule has 17 heavy (non-hydrogen) atoms. The van der Waals surface area contributed by atoms with E-state index >= 15 is 0 Å². The molecule has 0 radical (unpaired) electrons. The van der Waals surface area contributed by atoms with Crippen LogP contribution in [0.2, 0.25) is 4.34 Å². The first-order chi connectivity index (χ1) is 7.99. The molecule has 0 unspecified atom stereocenters. The highest BCUT2D eigenvalue weighted by Gasteiger charge is 2.17. The quantitative estimate of drug-likeness (QED) is 0.881. The van der Waals surface area contributed by atoms with Crippen LogP contribution < -0.4 is 4.72 Å². The number of nitrogens with zero attached hydrogens (tertiary/aromatic N) is 4. The van der Waals surface area contributed by atoms with Crippen molar-refractivity contribution in [1.82, 2.24) is 24.9 Å². The van der Waals surface area contributed by atoms with Gasteiger partial charge in [0, 0.05) is 7.05 Å². The third-order valence-corrected chi connectivity index (χ3v) is 5.07. The minimum absolute atomic E-state index is 0.0291. The number of aromatic nitrogens is 4. The van der Waals surface area contributed by atoms with Crippen molar-refractivity contribution in [3.05, 3.63) is 22.3 Å². The molecule has 0 bridgehead atoms. The van der Waals surface area contributed by atoms with Gasteiger partial charge in [0.1, 0.15) is 4.21 Å². The molecule has 92 valence electrons. The fourth-order valence-corrected chi connectivity index (χ4v) is 3.58. The summed E-state index contributed by atoms with van der Waals surface area (Å²) in [5.41, 5.74) is 0. The third kappa shape index (κ3) is 2.80. The molecule has 0 aliphatic heterocycles. The van der Waals surface area contributed by atoms with Crippen LogP contribution >= 0.6 is 22.9 Å². The zero-order valence-corrected chi connectivity index (χ0v) is 11.1. The molecule has 0 aliphatic rings. The number of tetrazole rings is 1. The Kier molecular flexibility index (Phi) is 3.43. The van der Waals surface area contributed by atoms with Crippen molar-refractivity contribution in [1.29, 1.82) is 0 Å². The standard InChI is InChI=1S/C7H8ClN5O2S2/c1-13-6(10-11-12-13)4-9-17(14,15)7-3-2-5(8)16-7/h2-3,9H,4H2,1H3. The molecular weight excluding hydrogens is 286 g/mol. The molecular formula is C7H8ClN5O2S2. The Hall–Kier alpha value is -1.03. The number of sulfonamides is 1. The van der Waals surface area contributed by atoms with Gasteiger partial charge in [-0.05, 0) is 22.6 Å². The lowest BCUT2D eigenvalue weighted by atomic mass is 10.6. The van der Waals surface area contributed by atoms with E-state index in [1.165, 1.54) is 16.8 Å². The number of nitrogens with one attached hydrogen (secondary N) is 1. The van der Waals surface area contributed by atoms with Crippen molar-refractivity contribution in [2.24, 2.45) is 7.05 Å². The lowest BCUT2D eigenvalue weighted by Gasteiger charge is -2.02. The van der Waals surface area contributed by atoms with Crippen LogP contribution in [-0.4, -0.2) is 28.6 Å². The van der Waals surface area contributed by atoms with E-state index < -0.39 is 10.0 Å². The smallest absolute Gasteiger partial charge is 0.231 e. The van der Waals surface area contributed by atoms with Gasteiger partial charge in [0.2, 0.25) is 0 Å². The first-order valence-corrected chi connectivity index (χ1v) is 7.13. The van der Waals surface area contributed by atoms with E-state index in [2.05, 4.69) is 20.2 Å². The van der Waals surface area contributed by atoms with Crippen molar-refractivity contribution in [3.63, 3.8) is 0 Å². The highest BCUT2D eigenvalue weighted by Crippen LogP contribution is 2.25. The Balaban J connectivity index is 2.11. The van der Waals surface area contributed by atoms with Crippen LogP contribution in [0.5, 0.6) is 0 Å². The lowest BCUT2D eigenvalue weighted by molar-refractivity contribution is 0.577. The molecule has 2 aromatic heterocycles. The van der Waals surface area contributed by atoms with E-state index in [1.54, 1.807) is 7.05 Å². The molecule has 0 saturated carbocycles. The van der Waals surface area contributed by atoms with E-state index in [9.17, 15) is 8.42 Å². The predicted octanol–water partition coefficient (Wildman–Crippen LogP) is 0.403. The average Bonchev–Trinajstić information content (AvgIpc) is 2.85. The van der Waals surface area contributed by atoms with Gasteiger partial charge in [-0.2, -0.15) is 0 Å². The zero-order chi connectivity index (χ0) is 12.5. The van der Waals surface area contributed by atoms with Gasteiger partial charge in [-0.15, -0.1) is 16.4 Å². The summed E-state index contributed by atoms with van der Waals surface area (Å²) in [4.78, 5) is 0. The maximum atomic E-state index is 11.8. The molecule has 0 aliphatic carbocycles. The highest BCUT2D eigenvalue weighted by molar-refractivity contribution is 7.91. The summed E-state index contributed by atoms with van der Waals surface area (Å²) in [6.45, 7) is 0.0291. The van der Waals surface area contributed by atoms with E-state index in [0.717, 1.165) is 11.3 Å². The van der Waals surface area contributed by atoms with Crippen LogP contribution in [0.15, 0.2) is 16.3 Å². The predicted molar refractivity (Wildman–Crippen MR) is 62.2 cm³/mol. The molecule has 7 nitrogen and oxygen atoms in total. The molecule has 0 aromatic carbocycles. The Morgan fingerprint density at radius 2 is 2.29 bits per heavy atom. The van der Waals surface area contributed by atoms with Crippen molar-refractivity contribution >= 4 is 33.0 Å². The summed E-state index contributed by atoms with van der Waals surface area (Å²) < 4.78 is 28.0. The molecule has 2 aromatic rings. The first kappa shape index (κ1) is 12.4. The second kappa shape index (κ2) is 4.69. The average molecular weight is 294 g/mol. The number of aryl methyl sites for hydroxylation is 1. The number of thiophene rings is 1. The Labute approximate surface area is 106 Å². The maximum absolute atomic E-state index is 11.8.